The molecule has 0 saturated carbocycles. The highest BCUT2D eigenvalue weighted by Gasteiger charge is 2.15. The van der Waals surface area contributed by atoms with Crippen molar-refractivity contribution in [1.29, 1.82) is 0 Å². The Labute approximate surface area is 157 Å². The third kappa shape index (κ3) is 5.31. The first-order chi connectivity index (χ1) is 13.0. The van der Waals surface area contributed by atoms with E-state index < -0.39 is 5.97 Å². The van der Waals surface area contributed by atoms with Crippen molar-refractivity contribution in [2.24, 2.45) is 0 Å². The molecule has 1 N–H and O–H groups in total. The minimum Gasteiger partial charge on any atom is -0.497 e. The smallest absolute Gasteiger partial charge is 0.337 e. The quantitative estimate of drug-likeness (QED) is 0.756. The van der Waals surface area contributed by atoms with Crippen molar-refractivity contribution < 1.29 is 23.9 Å². The fourth-order valence-corrected chi connectivity index (χ4v) is 2.51. The Bertz CT molecular complexity index is 817. The molecule has 0 aliphatic rings. The number of nitrogens with one attached hydrogen (secondary N) is 1. The molecule has 7 nitrogen and oxygen atoms in total. The Morgan fingerprint density at radius 1 is 1.00 bits per heavy atom. The van der Waals surface area contributed by atoms with Crippen molar-refractivity contribution in [3.05, 3.63) is 59.7 Å². The van der Waals surface area contributed by atoms with Gasteiger partial charge in [-0.15, -0.1) is 0 Å². The third-order valence-corrected chi connectivity index (χ3v) is 3.93. The van der Waals surface area contributed by atoms with Gasteiger partial charge in [0.15, 0.2) is 0 Å². The molecule has 0 unspecified atom stereocenters. The molecule has 0 fully saturated rings. The SMILES string of the molecule is COC(=O)c1cccc(N(CCNC(=O)c2ccc(OC)cc2)C(C)=O)c1. The normalized spacial score (nSPS) is 10.0. The van der Waals surface area contributed by atoms with Crippen molar-refractivity contribution in [1.82, 2.24) is 5.32 Å². The van der Waals surface area contributed by atoms with Gasteiger partial charge in [0.1, 0.15) is 5.75 Å². The van der Waals surface area contributed by atoms with E-state index in [1.165, 1.54) is 18.9 Å². The topological polar surface area (TPSA) is 84.9 Å². The van der Waals surface area contributed by atoms with E-state index in [0.29, 0.717) is 22.6 Å². The first kappa shape index (κ1) is 20.0. The highest BCUT2D eigenvalue weighted by atomic mass is 16.5. The maximum atomic E-state index is 12.2. The number of rotatable bonds is 7. The van der Waals surface area contributed by atoms with Crippen LogP contribution in [-0.4, -0.2) is 45.1 Å². The first-order valence-corrected chi connectivity index (χ1v) is 8.35. The summed E-state index contributed by atoms with van der Waals surface area (Å²) in [5.74, 6) is -0.256. The molecule has 0 aliphatic carbocycles. The van der Waals surface area contributed by atoms with Crippen molar-refractivity contribution in [3.8, 4) is 5.75 Å². The predicted molar refractivity (Wildman–Crippen MR) is 101 cm³/mol. The predicted octanol–water partition coefficient (Wildman–Crippen LogP) is 2.26. The van der Waals surface area contributed by atoms with Gasteiger partial charge in [0.05, 0.1) is 19.8 Å². The van der Waals surface area contributed by atoms with Gasteiger partial charge in [-0.25, -0.2) is 4.79 Å². The molecule has 0 heterocycles. The van der Waals surface area contributed by atoms with Gasteiger partial charge in [0.2, 0.25) is 5.91 Å². The highest BCUT2D eigenvalue weighted by molar-refractivity contribution is 5.96. The van der Waals surface area contributed by atoms with Crippen LogP contribution in [0.4, 0.5) is 5.69 Å². The third-order valence-electron chi connectivity index (χ3n) is 3.93. The van der Waals surface area contributed by atoms with E-state index in [0.717, 1.165) is 0 Å². The van der Waals surface area contributed by atoms with Crippen LogP contribution in [-0.2, 0) is 9.53 Å². The van der Waals surface area contributed by atoms with Crippen LogP contribution < -0.4 is 15.0 Å². The van der Waals surface area contributed by atoms with Crippen LogP contribution in [0.25, 0.3) is 0 Å². The summed E-state index contributed by atoms with van der Waals surface area (Å²) in [4.78, 5) is 37.4. The number of benzene rings is 2. The molecular weight excluding hydrogens is 348 g/mol. The van der Waals surface area contributed by atoms with E-state index >= 15 is 0 Å². The first-order valence-electron chi connectivity index (χ1n) is 8.35. The van der Waals surface area contributed by atoms with Crippen LogP contribution in [0.5, 0.6) is 5.75 Å². The van der Waals surface area contributed by atoms with Gasteiger partial charge in [-0.05, 0) is 42.5 Å². The molecular formula is C20H22N2O5. The second-order valence-corrected chi connectivity index (χ2v) is 5.70. The standard InChI is InChI=1S/C20H22N2O5/c1-14(23)22(17-6-4-5-16(13-17)20(25)27-3)12-11-21-19(24)15-7-9-18(26-2)10-8-15/h4-10,13H,11-12H2,1-3H3,(H,21,24). The lowest BCUT2D eigenvalue weighted by molar-refractivity contribution is -0.116. The summed E-state index contributed by atoms with van der Waals surface area (Å²) >= 11 is 0. The zero-order chi connectivity index (χ0) is 19.8. The number of amides is 2. The molecule has 142 valence electrons. The summed E-state index contributed by atoms with van der Waals surface area (Å²) in [6.07, 6.45) is 0. The molecule has 0 bridgehead atoms. The average Bonchev–Trinajstić information content (AvgIpc) is 2.70. The van der Waals surface area contributed by atoms with E-state index in [4.69, 9.17) is 9.47 Å². The zero-order valence-electron chi connectivity index (χ0n) is 15.5. The van der Waals surface area contributed by atoms with Gasteiger partial charge >= 0.3 is 5.97 Å². The molecule has 0 radical (unpaired) electrons. The highest BCUT2D eigenvalue weighted by Crippen LogP contribution is 2.17. The summed E-state index contributed by atoms with van der Waals surface area (Å²) in [5, 5.41) is 2.77. The molecule has 0 atom stereocenters. The molecule has 7 heteroatoms. The summed E-state index contributed by atoms with van der Waals surface area (Å²) in [7, 11) is 2.85. The van der Waals surface area contributed by atoms with Crippen LogP contribution >= 0.6 is 0 Å². The van der Waals surface area contributed by atoms with Crippen LogP contribution in [0, 0.1) is 0 Å². The Morgan fingerprint density at radius 2 is 1.70 bits per heavy atom. The van der Waals surface area contributed by atoms with Crippen LogP contribution in [0.3, 0.4) is 0 Å². The lowest BCUT2D eigenvalue weighted by Crippen LogP contribution is -2.37. The maximum absolute atomic E-state index is 12.2. The van der Waals surface area contributed by atoms with Gasteiger partial charge in [0.25, 0.3) is 5.91 Å². The monoisotopic (exact) mass is 370 g/mol. The fraction of sp³-hybridized carbons (Fsp3) is 0.250. The van der Waals surface area contributed by atoms with Gasteiger partial charge in [-0.3, -0.25) is 9.59 Å². The van der Waals surface area contributed by atoms with Gasteiger partial charge in [-0.2, -0.15) is 0 Å². The van der Waals surface area contributed by atoms with E-state index in [1.54, 1.807) is 55.6 Å². The molecule has 2 rings (SSSR count). The Morgan fingerprint density at radius 3 is 2.30 bits per heavy atom. The largest absolute Gasteiger partial charge is 0.497 e. The number of carbonyl (C=O) groups excluding carboxylic acids is 3. The van der Waals surface area contributed by atoms with Crippen LogP contribution in [0.1, 0.15) is 27.6 Å². The van der Waals surface area contributed by atoms with E-state index in [-0.39, 0.29) is 24.9 Å². The number of methoxy groups -OCH3 is 2. The molecule has 0 spiro atoms. The van der Waals surface area contributed by atoms with Crippen molar-refractivity contribution in [2.75, 3.05) is 32.2 Å². The van der Waals surface area contributed by atoms with Crippen LogP contribution in [0.15, 0.2) is 48.5 Å². The molecule has 0 aliphatic heterocycles. The van der Waals surface area contributed by atoms with Gasteiger partial charge < -0.3 is 19.7 Å². The number of esters is 1. The number of carbonyl (C=O) groups is 3. The van der Waals surface area contributed by atoms with Gasteiger partial charge in [0, 0.05) is 31.3 Å². The molecule has 2 amide bonds. The minimum atomic E-state index is -0.479. The maximum Gasteiger partial charge on any atom is 0.337 e. The van der Waals surface area contributed by atoms with Gasteiger partial charge in [-0.1, -0.05) is 6.07 Å². The van der Waals surface area contributed by atoms with E-state index in [1.807, 2.05) is 0 Å². The molecule has 2 aromatic rings. The van der Waals surface area contributed by atoms with Crippen molar-refractivity contribution in [2.45, 2.75) is 6.92 Å². The molecule has 0 aromatic heterocycles. The van der Waals surface area contributed by atoms with Crippen molar-refractivity contribution in [3.63, 3.8) is 0 Å². The van der Waals surface area contributed by atoms with Crippen LogP contribution in [0.2, 0.25) is 0 Å². The minimum absolute atomic E-state index is 0.198. The second kappa shape index (κ2) is 9.38. The summed E-state index contributed by atoms with van der Waals surface area (Å²) in [6.45, 7) is 1.95. The summed E-state index contributed by atoms with van der Waals surface area (Å²) < 4.78 is 9.76. The average molecular weight is 370 g/mol. The number of anilines is 1. The second-order valence-electron chi connectivity index (χ2n) is 5.70. The number of nitrogens with zero attached hydrogens (tertiary/aromatic N) is 1. The Balaban J connectivity index is 2.01. The van der Waals surface area contributed by atoms with E-state index in [2.05, 4.69) is 5.32 Å². The van der Waals surface area contributed by atoms with E-state index in [9.17, 15) is 14.4 Å². The van der Waals surface area contributed by atoms with Crippen molar-refractivity contribution >= 4 is 23.5 Å². The summed E-state index contributed by atoms with van der Waals surface area (Å²) in [5.41, 5.74) is 1.41. The lowest BCUT2D eigenvalue weighted by Gasteiger charge is -2.22. The molecule has 0 saturated heterocycles. The molecule has 2 aromatic carbocycles. The zero-order valence-corrected chi connectivity index (χ0v) is 15.5. The number of ether oxygens (including phenoxy) is 2. The summed E-state index contributed by atoms with van der Waals surface area (Å²) in [6, 6.07) is 13.3. The molecule has 27 heavy (non-hydrogen) atoms. The number of hydrogen-bond acceptors (Lipinski definition) is 5. The number of hydrogen-bond donors (Lipinski definition) is 1. The Hall–Kier alpha value is -3.35. The lowest BCUT2D eigenvalue weighted by atomic mass is 10.2. The Kier molecular flexibility index (Phi) is 6.93. The fourth-order valence-electron chi connectivity index (χ4n) is 2.51.